The van der Waals surface area contributed by atoms with Gasteiger partial charge in [0.1, 0.15) is 0 Å². The number of carboxylic acid groups (broad SMARTS) is 1. The van der Waals surface area contributed by atoms with Gasteiger partial charge in [-0.05, 0) is 25.7 Å². The molecule has 0 aromatic heterocycles. The molecule has 1 atom stereocenters. The maximum atomic E-state index is 10.6. The molecule has 94 valence electrons. The first-order valence-corrected chi connectivity index (χ1v) is 5.57. The topological polar surface area (TPSA) is 72.8 Å². The van der Waals surface area contributed by atoms with Crippen molar-refractivity contribution in [2.45, 2.75) is 45.7 Å². The molecule has 5 heteroatoms. The predicted octanol–water partition coefficient (Wildman–Crippen LogP) is 0.929. The third-order valence-corrected chi connectivity index (χ3v) is 3.40. The lowest BCUT2D eigenvalue weighted by molar-refractivity contribution is -0.209. The summed E-state index contributed by atoms with van der Waals surface area (Å²) in [6.07, 6.45) is 0.726. The van der Waals surface area contributed by atoms with Gasteiger partial charge in [0.15, 0.2) is 0 Å². The van der Waals surface area contributed by atoms with Gasteiger partial charge in [0.25, 0.3) is 0 Å². The van der Waals surface area contributed by atoms with Crippen LogP contribution in [-0.2, 0) is 4.79 Å². The number of hydrogen-bond acceptors (Lipinski definition) is 4. The first-order valence-electron chi connectivity index (χ1n) is 5.57. The van der Waals surface area contributed by atoms with Gasteiger partial charge in [-0.2, -0.15) is 5.06 Å². The van der Waals surface area contributed by atoms with Crippen molar-refractivity contribution in [3.63, 3.8) is 0 Å². The van der Waals surface area contributed by atoms with Gasteiger partial charge in [0.05, 0.1) is 6.54 Å². The van der Waals surface area contributed by atoms with Crippen molar-refractivity contribution < 1.29 is 15.1 Å². The van der Waals surface area contributed by atoms with Gasteiger partial charge in [-0.25, -0.2) is 0 Å². The maximum Gasteiger partial charge on any atom is 0.317 e. The molecular formula is C11H22N2O3. The van der Waals surface area contributed by atoms with E-state index in [4.69, 9.17) is 5.11 Å². The molecule has 0 aliphatic carbocycles. The average Bonchev–Trinajstić information content (AvgIpc) is 2.08. The number of aliphatic carboxylic acids is 1. The van der Waals surface area contributed by atoms with E-state index in [1.807, 2.05) is 27.7 Å². The predicted molar refractivity (Wildman–Crippen MR) is 60.4 cm³/mol. The molecule has 1 fully saturated rings. The highest BCUT2D eigenvalue weighted by molar-refractivity contribution is 5.69. The van der Waals surface area contributed by atoms with Crippen molar-refractivity contribution in [3.05, 3.63) is 0 Å². The highest BCUT2D eigenvalue weighted by atomic mass is 16.5. The molecule has 1 unspecified atom stereocenters. The number of nitrogens with one attached hydrogen (secondary N) is 1. The van der Waals surface area contributed by atoms with Gasteiger partial charge in [0.2, 0.25) is 0 Å². The van der Waals surface area contributed by atoms with Gasteiger partial charge >= 0.3 is 5.97 Å². The molecule has 1 saturated heterocycles. The molecule has 1 aliphatic rings. The minimum Gasteiger partial charge on any atom is -0.480 e. The molecule has 0 aromatic carbocycles. The summed E-state index contributed by atoms with van der Waals surface area (Å²) in [4.78, 5) is 10.6. The minimum absolute atomic E-state index is 0.0321. The highest BCUT2D eigenvalue weighted by Gasteiger charge is 2.44. The van der Waals surface area contributed by atoms with Crippen LogP contribution in [0.25, 0.3) is 0 Å². The van der Waals surface area contributed by atoms with E-state index in [2.05, 4.69) is 5.32 Å². The molecule has 0 spiro atoms. The van der Waals surface area contributed by atoms with Crippen LogP contribution in [-0.4, -0.2) is 46.0 Å². The van der Waals surface area contributed by atoms with Gasteiger partial charge < -0.3 is 15.6 Å². The van der Waals surface area contributed by atoms with Crippen LogP contribution < -0.4 is 5.32 Å². The van der Waals surface area contributed by atoms with Crippen molar-refractivity contribution in [2.75, 3.05) is 13.1 Å². The number of carboxylic acids is 1. The van der Waals surface area contributed by atoms with E-state index >= 15 is 0 Å². The molecule has 0 bridgehead atoms. The zero-order valence-corrected chi connectivity index (χ0v) is 10.4. The van der Waals surface area contributed by atoms with Crippen LogP contribution in [0.2, 0.25) is 0 Å². The van der Waals surface area contributed by atoms with Crippen LogP contribution in [0, 0.1) is 5.41 Å². The third-order valence-electron chi connectivity index (χ3n) is 3.40. The Morgan fingerprint density at radius 1 is 1.44 bits per heavy atom. The molecule has 16 heavy (non-hydrogen) atoms. The van der Waals surface area contributed by atoms with Crippen molar-refractivity contribution in [1.29, 1.82) is 0 Å². The van der Waals surface area contributed by atoms with E-state index in [9.17, 15) is 10.0 Å². The second kappa shape index (κ2) is 4.31. The van der Waals surface area contributed by atoms with E-state index in [1.165, 1.54) is 5.06 Å². The molecule has 1 rings (SSSR count). The van der Waals surface area contributed by atoms with Crippen molar-refractivity contribution >= 4 is 5.97 Å². The smallest absolute Gasteiger partial charge is 0.317 e. The summed E-state index contributed by atoms with van der Waals surface area (Å²) in [5, 5.41) is 22.9. The summed E-state index contributed by atoms with van der Waals surface area (Å²) in [6.45, 7) is 8.48. The Morgan fingerprint density at radius 3 is 2.50 bits per heavy atom. The van der Waals surface area contributed by atoms with Gasteiger partial charge in [-0.3, -0.25) is 4.79 Å². The average molecular weight is 230 g/mol. The summed E-state index contributed by atoms with van der Waals surface area (Å²) in [5.74, 6) is -0.847. The number of hydroxylamine groups is 2. The molecule has 0 radical (unpaired) electrons. The Bertz CT molecular complexity index is 276. The second-order valence-electron chi connectivity index (χ2n) is 5.89. The summed E-state index contributed by atoms with van der Waals surface area (Å²) < 4.78 is 0. The fraction of sp³-hybridized carbons (Fsp3) is 0.909. The maximum absolute atomic E-state index is 10.6. The monoisotopic (exact) mass is 230 g/mol. The van der Waals surface area contributed by atoms with Crippen LogP contribution in [0.15, 0.2) is 0 Å². The Kier molecular flexibility index (Phi) is 3.62. The zero-order chi connectivity index (χ0) is 12.6. The summed E-state index contributed by atoms with van der Waals surface area (Å²) in [6, 6.07) is 0.0991. The third kappa shape index (κ3) is 2.93. The van der Waals surface area contributed by atoms with Gasteiger partial charge in [-0.15, -0.1) is 0 Å². The second-order valence-corrected chi connectivity index (χ2v) is 5.89. The molecule has 0 amide bonds. The fourth-order valence-electron chi connectivity index (χ4n) is 2.15. The van der Waals surface area contributed by atoms with Gasteiger partial charge in [0, 0.05) is 18.1 Å². The van der Waals surface area contributed by atoms with E-state index in [0.717, 1.165) is 6.42 Å². The number of rotatable bonds is 3. The first kappa shape index (κ1) is 13.4. The standard InChI is InChI=1S/C11H22N2O3/c1-10(2)7-13(16)11(3,4)5-8(10)12-6-9(14)15/h8,12,16H,5-7H2,1-4H3,(H,14,15). The lowest BCUT2D eigenvalue weighted by atomic mass is 9.73. The Labute approximate surface area is 96.4 Å². The van der Waals surface area contributed by atoms with Crippen LogP contribution in [0.5, 0.6) is 0 Å². The van der Waals surface area contributed by atoms with Crippen LogP contribution in [0.3, 0.4) is 0 Å². The number of carbonyl (C=O) groups is 1. The molecule has 1 heterocycles. The van der Waals surface area contributed by atoms with Crippen molar-refractivity contribution in [3.8, 4) is 0 Å². The molecule has 3 N–H and O–H groups in total. The lowest BCUT2D eigenvalue weighted by Crippen LogP contribution is -2.61. The highest BCUT2D eigenvalue weighted by Crippen LogP contribution is 2.36. The van der Waals surface area contributed by atoms with E-state index in [0.29, 0.717) is 6.54 Å². The van der Waals surface area contributed by atoms with Crippen molar-refractivity contribution in [1.82, 2.24) is 10.4 Å². The summed E-state index contributed by atoms with van der Waals surface area (Å²) in [7, 11) is 0. The molecule has 0 saturated carbocycles. The normalized spacial score (nSPS) is 28.9. The summed E-state index contributed by atoms with van der Waals surface area (Å²) in [5.41, 5.74) is -0.453. The molecule has 0 aromatic rings. The SMILES string of the molecule is CC1(C)CN(O)C(C)(C)CC1NCC(=O)O. The minimum atomic E-state index is -0.847. The lowest BCUT2D eigenvalue weighted by Gasteiger charge is -2.50. The van der Waals surface area contributed by atoms with Crippen molar-refractivity contribution in [2.24, 2.45) is 5.41 Å². The molecule has 1 aliphatic heterocycles. The Morgan fingerprint density at radius 2 is 2.00 bits per heavy atom. The number of hydrogen-bond donors (Lipinski definition) is 3. The first-order chi connectivity index (χ1) is 7.15. The Hall–Kier alpha value is -0.650. The van der Waals surface area contributed by atoms with Crippen LogP contribution in [0.1, 0.15) is 34.1 Å². The quantitative estimate of drug-likeness (QED) is 0.672. The van der Waals surface area contributed by atoms with Crippen LogP contribution in [0.4, 0.5) is 0 Å². The van der Waals surface area contributed by atoms with Crippen LogP contribution >= 0.6 is 0 Å². The summed E-state index contributed by atoms with van der Waals surface area (Å²) >= 11 is 0. The molecule has 5 nitrogen and oxygen atoms in total. The molecular weight excluding hydrogens is 208 g/mol. The van der Waals surface area contributed by atoms with E-state index in [1.54, 1.807) is 0 Å². The Balaban J connectivity index is 2.70. The number of piperidine rings is 1. The van der Waals surface area contributed by atoms with Gasteiger partial charge in [-0.1, -0.05) is 13.8 Å². The van der Waals surface area contributed by atoms with E-state index in [-0.39, 0.29) is 23.5 Å². The number of nitrogens with zero attached hydrogens (tertiary/aromatic N) is 1. The largest absolute Gasteiger partial charge is 0.480 e. The zero-order valence-electron chi connectivity index (χ0n) is 10.4. The van der Waals surface area contributed by atoms with E-state index < -0.39 is 5.97 Å². The fourth-order valence-corrected chi connectivity index (χ4v) is 2.15.